The fraction of sp³-hybridized carbons (Fsp3) is 0.818. The first kappa shape index (κ1) is 17.0. The van der Waals surface area contributed by atoms with Gasteiger partial charge in [-0.15, -0.1) is 0 Å². The van der Waals surface area contributed by atoms with Crippen molar-refractivity contribution in [2.45, 2.75) is 71.3 Å². The Labute approximate surface area is 158 Å². The minimum absolute atomic E-state index is 0.564. The van der Waals surface area contributed by atoms with Crippen molar-refractivity contribution in [3.05, 3.63) is 17.6 Å². The van der Waals surface area contributed by atoms with Gasteiger partial charge in [-0.3, -0.25) is 4.90 Å². The Morgan fingerprint density at radius 2 is 1.85 bits per heavy atom. The predicted octanol–water partition coefficient (Wildman–Crippen LogP) is 4.26. The highest BCUT2D eigenvalue weighted by molar-refractivity contribution is 5.47. The molecule has 1 aliphatic heterocycles. The Balaban J connectivity index is 1.27. The Kier molecular flexibility index (Phi) is 4.42. The highest BCUT2D eigenvalue weighted by Gasteiger charge is 2.50. The summed E-state index contributed by atoms with van der Waals surface area (Å²) in [6, 6.07) is 0. The summed E-state index contributed by atoms with van der Waals surface area (Å²) < 4.78 is 0. The normalized spacial score (nSPS) is 35.5. The van der Waals surface area contributed by atoms with Gasteiger partial charge >= 0.3 is 0 Å². The molecule has 26 heavy (non-hydrogen) atoms. The summed E-state index contributed by atoms with van der Waals surface area (Å²) in [5.74, 6) is 4.21. The lowest BCUT2D eigenvalue weighted by Gasteiger charge is -2.57. The maximum Gasteiger partial charge on any atom is 0.132 e. The molecule has 1 aromatic rings. The Morgan fingerprint density at radius 1 is 1.12 bits per heavy atom. The number of anilines is 1. The minimum atomic E-state index is 0.564. The Hall–Kier alpha value is -1.16. The molecule has 4 bridgehead atoms. The third-order valence-corrected chi connectivity index (χ3v) is 7.71. The van der Waals surface area contributed by atoms with Crippen molar-refractivity contribution in [1.29, 1.82) is 0 Å². The molecule has 0 atom stereocenters. The molecule has 4 saturated carbocycles. The zero-order valence-electron chi connectivity index (χ0n) is 16.3. The van der Waals surface area contributed by atoms with Gasteiger partial charge in [-0.25, -0.2) is 9.97 Å². The second kappa shape index (κ2) is 6.78. The third kappa shape index (κ3) is 3.15. The van der Waals surface area contributed by atoms with Crippen molar-refractivity contribution in [3.63, 3.8) is 0 Å². The topological polar surface area (TPSA) is 41.1 Å². The van der Waals surface area contributed by atoms with Crippen molar-refractivity contribution in [2.75, 3.05) is 25.0 Å². The lowest BCUT2D eigenvalue weighted by atomic mass is 9.49. The van der Waals surface area contributed by atoms with Crippen LogP contribution in [0.25, 0.3) is 0 Å². The molecular weight excluding hydrogens is 320 g/mol. The van der Waals surface area contributed by atoms with E-state index in [9.17, 15) is 0 Å². The van der Waals surface area contributed by atoms with Gasteiger partial charge in [0.05, 0.1) is 5.69 Å². The molecule has 2 heterocycles. The summed E-state index contributed by atoms with van der Waals surface area (Å²) in [6.07, 6.45) is 14.4. The van der Waals surface area contributed by atoms with Crippen molar-refractivity contribution in [3.8, 4) is 0 Å². The molecule has 1 aromatic heterocycles. The largest absolute Gasteiger partial charge is 0.369 e. The van der Waals surface area contributed by atoms with E-state index < -0.39 is 0 Å². The standard InChI is InChI=1S/C22H34N4/c1-2-3-5-26-6-4-19-20(13-26)24-15-25-21(19)23-14-22-10-16-7-17(11-22)9-18(8-16)12-22/h15-18H,2-14H2,1H3,(H,23,24,25). The highest BCUT2D eigenvalue weighted by atomic mass is 15.1. The van der Waals surface area contributed by atoms with E-state index in [1.807, 2.05) is 0 Å². The molecule has 6 rings (SSSR count). The number of aromatic nitrogens is 2. The zero-order chi connectivity index (χ0) is 17.6. The second-order valence-corrected chi connectivity index (χ2v) is 9.80. The van der Waals surface area contributed by atoms with E-state index in [2.05, 4.69) is 27.1 Å². The quantitative estimate of drug-likeness (QED) is 0.828. The van der Waals surface area contributed by atoms with Crippen molar-refractivity contribution < 1.29 is 0 Å². The minimum Gasteiger partial charge on any atom is -0.369 e. The fourth-order valence-electron chi connectivity index (χ4n) is 6.91. The summed E-state index contributed by atoms with van der Waals surface area (Å²) in [5, 5.41) is 3.82. The first-order valence-electron chi connectivity index (χ1n) is 11.0. The zero-order valence-corrected chi connectivity index (χ0v) is 16.3. The molecule has 4 heteroatoms. The van der Waals surface area contributed by atoms with Gasteiger partial charge < -0.3 is 5.32 Å². The lowest BCUT2D eigenvalue weighted by molar-refractivity contribution is -0.0444. The van der Waals surface area contributed by atoms with Crippen LogP contribution < -0.4 is 5.32 Å². The van der Waals surface area contributed by atoms with Gasteiger partial charge in [0.1, 0.15) is 12.1 Å². The van der Waals surface area contributed by atoms with E-state index in [1.54, 1.807) is 6.33 Å². The average molecular weight is 355 g/mol. The third-order valence-electron chi connectivity index (χ3n) is 7.71. The molecule has 0 unspecified atom stereocenters. The molecule has 0 radical (unpaired) electrons. The van der Waals surface area contributed by atoms with Crippen LogP contribution in [-0.4, -0.2) is 34.5 Å². The average Bonchev–Trinajstić information content (AvgIpc) is 2.63. The number of unbranched alkanes of at least 4 members (excludes halogenated alkanes) is 1. The van der Waals surface area contributed by atoms with Crippen LogP contribution in [0.2, 0.25) is 0 Å². The van der Waals surface area contributed by atoms with E-state index >= 15 is 0 Å². The molecular formula is C22H34N4. The van der Waals surface area contributed by atoms with Crippen LogP contribution in [0, 0.1) is 23.2 Å². The van der Waals surface area contributed by atoms with Crippen LogP contribution in [-0.2, 0) is 13.0 Å². The number of fused-ring (bicyclic) bond motifs is 1. The first-order chi connectivity index (χ1) is 12.7. The Morgan fingerprint density at radius 3 is 2.54 bits per heavy atom. The molecule has 142 valence electrons. The van der Waals surface area contributed by atoms with Gasteiger partial charge in [0.25, 0.3) is 0 Å². The number of hydrogen-bond donors (Lipinski definition) is 1. The van der Waals surface area contributed by atoms with Crippen molar-refractivity contribution in [1.82, 2.24) is 14.9 Å². The second-order valence-electron chi connectivity index (χ2n) is 9.80. The molecule has 0 spiro atoms. The number of nitrogens with zero attached hydrogens (tertiary/aromatic N) is 3. The van der Waals surface area contributed by atoms with Crippen LogP contribution >= 0.6 is 0 Å². The maximum atomic E-state index is 4.66. The summed E-state index contributed by atoms with van der Waals surface area (Å²) in [7, 11) is 0. The molecule has 0 saturated heterocycles. The van der Waals surface area contributed by atoms with E-state index in [-0.39, 0.29) is 0 Å². The van der Waals surface area contributed by atoms with E-state index in [0.717, 1.165) is 49.6 Å². The van der Waals surface area contributed by atoms with Gasteiger partial charge in [-0.05, 0) is 81.1 Å². The summed E-state index contributed by atoms with van der Waals surface area (Å²) in [5.41, 5.74) is 3.22. The van der Waals surface area contributed by atoms with Crippen molar-refractivity contribution >= 4 is 5.82 Å². The molecule has 4 nitrogen and oxygen atoms in total. The van der Waals surface area contributed by atoms with Crippen LogP contribution in [0.1, 0.15) is 69.5 Å². The van der Waals surface area contributed by atoms with E-state index in [1.165, 1.54) is 69.2 Å². The number of rotatable bonds is 6. The SMILES string of the molecule is CCCCN1CCc2c(ncnc2NCC23CC4CC(CC(C4)C2)C3)C1. The van der Waals surface area contributed by atoms with Crippen LogP contribution in [0.15, 0.2) is 6.33 Å². The summed E-state index contributed by atoms with van der Waals surface area (Å²) in [4.78, 5) is 11.8. The maximum absolute atomic E-state index is 4.66. The molecule has 1 N–H and O–H groups in total. The number of hydrogen-bond acceptors (Lipinski definition) is 4. The van der Waals surface area contributed by atoms with Crippen LogP contribution in [0.4, 0.5) is 5.82 Å². The van der Waals surface area contributed by atoms with Gasteiger partial charge in [0.2, 0.25) is 0 Å². The van der Waals surface area contributed by atoms with E-state index in [4.69, 9.17) is 0 Å². The highest BCUT2D eigenvalue weighted by Crippen LogP contribution is 2.59. The summed E-state index contributed by atoms with van der Waals surface area (Å²) >= 11 is 0. The van der Waals surface area contributed by atoms with Gasteiger partial charge in [-0.1, -0.05) is 13.3 Å². The van der Waals surface area contributed by atoms with E-state index in [0.29, 0.717) is 5.41 Å². The first-order valence-corrected chi connectivity index (χ1v) is 11.0. The van der Waals surface area contributed by atoms with Gasteiger partial charge in [-0.2, -0.15) is 0 Å². The van der Waals surface area contributed by atoms with Crippen molar-refractivity contribution in [2.24, 2.45) is 23.2 Å². The number of nitrogens with one attached hydrogen (secondary N) is 1. The lowest BCUT2D eigenvalue weighted by Crippen LogP contribution is -2.49. The fourth-order valence-corrected chi connectivity index (χ4v) is 6.91. The molecule has 0 aromatic carbocycles. The van der Waals surface area contributed by atoms with Crippen LogP contribution in [0.3, 0.4) is 0 Å². The monoisotopic (exact) mass is 354 g/mol. The predicted molar refractivity (Wildman–Crippen MR) is 105 cm³/mol. The molecule has 4 aliphatic carbocycles. The molecule has 0 amide bonds. The summed E-state index contributed by atoms with van der Waals surface area (Å²) in [6.45, 7) is 6.78. The van der Waals surface area contributed by atoms with Gasteiger partial charge in [0.15, 0.2) is 0 Å². The van der Waals surface area contributed by atoms with Crippen LogP contribution in [0.5, 0.6) is 0 Å². The molecule has 5 aliphatic rings. The smallest absolute Gasteiger partial charge is 0.132 e. The molecule has 4 fully saturated rings. The Bertz CT molecular complexity index is 620. The van der Waals surface area contributed by atoms with Gasteiger partial charge in [0, 0.05) is 25.2 Å².